The Morgan fingerprint density at radius 1 is 0.926 bits per heavy atom. The van der Waals surface area contributed by atoms with Gasteiger partial charge in [-0.2, -0.15) is 0 Å². The average molecular weight is 385 g/mol. The molecule has 1 saturated heterocycles. The Hall–Kier alpha value is -1.53. The first-order valence-corrected chi connectivity index (χ1v) is 10.7. The van der Waals surface area contributed by atoms with E-state index in [-0.39, 0.29) is 6.61 Å². The number of benzene rings is 2. The molecule has 0 bridgehead atoms. The van der Waals surface area contributed by atoms with Crippen molar-refractivity contribution in [2.45, 2.75) is 35.2 Å². The van der Waals surface area contributed by atoms with Crippen LogP contribution in [0.2, 0.25) is 0 Å². The minimum atomic E-state index is 0.122. The molecule has 4 rings (SSSR count). The summed E-state index contributed by atoms with van der Waals surface area (Å²) in [7, 11) is 0. The van der Waals surface area contributed by atoms with Gasteiger partial charge in [-0.3, -0.25) is 0 Å². The van der Waals surface area contributed by atoms with Crippen molar-refractivity contribution in [3.8, 4) is 0 Å². The average Bonchev–Trinajstić information content (AvgIpc) is 2.72. The fraction of sp³-hybridized carbons (Fsp3) is 0.455. The molecular weight excluding hydrogens is 356 g/mol. The number of ether oxygens (including phenoxy) is 1. The van der Waals surface area contributed by atoms with Crippen LogP contribution in [0, 0.1) is 0 Å². The number of piperidine rings is 1. The van der Waals surface area contributed by atoms with Crippen LogP contribution in [0.1, 0.15) is 19.3 Å². The van der Waals surface area contributed by atoms with Crippen molar-refractivity contribution in [2.75, 3.05) is 44.3 Å². The van der Waals surface area contributed by atoms with Crippen molar-refractivity contribution >= 4 is 23.1 Å². The number of fused-ring (bicyclic) bond motifs is 2. The number of para-hydroxylation sites is 2. The third-order valence-electron chi connectivity index (χ3n) is 5.37. The second kappa shape index (κ2) is 9.11. The van der Waals surface area contributed by atoms with E-state index in [4.69, 9.17) is 9.84 Å². The maximum atomic E-state index is 8.89. The van der Waals surface area contributed by atoms with E-state index in [9.17, 15) is 0 Å². The van der Waals surface area contributed by atoms with Crippen LogP contribution in [0.3, 0.4) is 0 Å². The van der Waals surface area contributed by atoms with Gasteiger partial charge in [-0.1, -0.05) is 36.0 Å². The Kier molecular flexibility index (Phi) is 6.35. The number of nitrogens with zero attached hydrogens (tertiary/aromatic N) is 2. The largest absolute Gasteiger partial charge is 0.394 e. The molecular formula is C22H28N2O2S. The fourth-order valence-corrected chi connectivity index (χ4v) is 5.09. The molecule has 0 aliphatic carbocycles. The van der Waals surface area contributed by atoms with Crippen LogP contribution in [-0.2, 0) is 4.74 Å². The normalized spacial score (nSPS) is 17.6. The van der Waals surface area contributed by atoms with Crippen molar-refractivity contribution in [2.24, 2.45) is 0 Å². The SMILES string of the molecule is OCCOC1CCN(CCCN2c3ccccc3Sc3ccccc32)CC1. The number of hydrogen-bond donors (Lipinski definition) is 1. The van der Waals surface area contributed by atoms with E-state index >= 15 is 0 Å². The Bertz CT molecular complexity index is 701. The maximum Gasteiger partial charge on any atom is 0.0701 e. The van der Waals surface area contributed by atoms with E-state index in [0.29, 0.717) is 12.7 Å². The van der Waals surface area contributed by atoms with Gasteiger partial charge in [0, 0.05) is 29.4 Å². The number of aliphatic hydroxyl groups is 1. The van der Waals surface area contributed by atoms with Gasteiger partial charge in [0.25, 0.3) is 0 Å². The highest BCUT2D eigenvalue weighted by atomic mass is 32.2. The number of likely N-dealkylation sites (tertiary alicyclic amines) is 1. The zero-order valence-corrected chi connectivity index (χ0v) is 16.5. The van der Waals surface area contributed by atoms with Crippen molar-refractivity contribution in [3.05, 3.63) is 48.5 Å². The van der Waals surface area contributed by atoms with Gasteiger partial charge >= 0.3 is 0 Å². The molecule has 1 N–H and O–H groups in total. The Labute approximate surface area is 166 Å². The van der Waals surface area contributed by atoms with Crippen LogP contribution in [0.15, 0.2) is 58.3 Å². The van der Waals surface area contributed by atoms with Gasteiger partial charge in [-0.15, -0.1) is 0 Å². The molecule has 0 saturated carbocycles. The Morgan fingerprint density at radius 3 is 2.19 bits per heavy atom. The van der Waals surface area contributed by atoms with Gasteiger partial charge in [0.1, 0.15) is 0 Å². The van der Waals surface area contributed by atoms with Crippen LogP contribution in [0.5, 0.6) is 0 Å². The fourth-order valence-electron chi connectivity index (χ4n) is 3.99. The summed E-state index contributed by atoms with van der Waals surface area (Å²) in [6, 6.07) is 17.4. The number of anilines is 2. The second-order valence-corrected chi connectivity index (χ2v) is 8.26. The molecule has 0 radical (unpaired) electrons. The predicted molar refractivity (Wildman–Crippen MR) is 111 cm³/mol. The van der Waals surface area contributed by atoms with Crippen LogP contribution < -0.4 is 4.90 Å². The van der Waals surface area contributed by atoms with E-state index in [0.717, 1.165) is 45.4 Å². The van der Waals surface area contributed by atoms with E-state index < -0.39 is 0 Å². The zero-order valence-electron chi connectivity index (χ0n) is 15.7. The van der Waals surface area contributed by atoms with Gasteiger partial charge in [-0.25, -0.2) is 0 Å². The summed E-state index contributed by atoms with van der Waals surface area (Å²) in [6.45, 7) is 4.95. The topological polar surface area (TPSA) is 35.9 Å². The molecule has 2 aliphatic rings. The minimum absolute atomic E-state index is 0.122. The van der Waals surface area contributed by atoms with Crippen molar-refractivity contribution in [1.29, 1.82) is 0 Å². The molecule has 4 nitrogen and oxygen atoms in total. The lowest BCUT2D eigenvalue weighted by molar-refractivity contribution is -0.00770. The lowest BCUT2D eigenvalue weighted by Crippen LogP contribution is -2.38. The van der Waals surface area contributed by atoms with Crippen LogP contribution >= 0.6 is 11.8 Å². The molecule has 2 aliphatic heterocycles. The van der Waals surface area contributed by atoms with Crippen molar-refractivity contribution < 1.29 is 9.84 Å². The minimum Gasteiger partial charge on any atom is -0.394 e. The van der Waals surface area contributed by atoms with Gasteiger partial charge in [0.2, 0.25) is 0 Å². The number of hydrogen-bond acceptors (Lipinski definition) is 5. The van der Waals surface area contributed by atoms with Gasteiger partial charge in [-0.05, 0) is 50.1 Å². The standard InChI is InChI=1S/C22H28N2O2S/c25-16-17-26-18-10-14-23(15-11-18)12-5-13-24-19-6-1-3-8-21(19)27-22-9-4-2-7-20(22)24/h1-4,6-9,18,25H,5,10-17H2. The van der Waals surface area contributed by atoms with E-state index in [1.165, 1.54) is 21.2 Å². The molecule has 27 heavy (non-hydrogen) atoms. The molecule has 1 fully saturated rings. The number of aliphatic hydroxyl groups excluding tert-OH is 1. The molecule has 0 unspecified atom stereocenters. The summed E-state index contributed by atoms with van der Waals surface area (Å²) in [5, 5.41) is 8.89. The molecule has 144 valence electrons. The monoisotopic (exact) mass is 384 g/mol. The smallest absolute Gasteiger partial charge is 0.0701 e. The lowest BCUT2D eigenvalue weighted by atomic mass is 10.1. The van der Waals surface area contributed by atoms with Crippen LogP contribution in [-0.4, -0.2) is 55.5 Å². The summed E-state index contributed by atoms with van der Waals surface area (Å²) >= 11 is 1.87. The third-order valence-corrected chi connectivity index (χ3v) is 6.50. The second-order valence-electron chi connectivity index (χ2n) is 7.18. The van der Waals surface area contributed by atoms with Crippen LogP contribution in [0.4, 0.5) is 11.4 Å². The summed E-state index contributed by atoms with van der Waals surface area (Å²) in [6.07, 6.45) is 3.62. The summed E-state index contributed by atoms with van der Waals surface area (Å²) in [5.41, 5.74) is 2.66. The summed E-state index contributed by atoms with van der Waals surface area (Å²) in [4.78, 5) is 7.73. The molecule has 0 atom stereocenters. The van der Waals surface area contributed by atoms with E-state index in [1.54, 1.807) is 0 Å². The van der Waals surface area contributed by atoms with Gasteiger partial charge < -0.3 is 19.6 Å². The van der Waals surface area contributed by atoms with Crippen molar-refractivity contribution in [1.82, 2.24) is 4.90 Å². The zero-order chi connectivity index (χ0) is 18.5. The first-order valence-electron chi connectivity index (χ1n) is 9.93. The summed E-state index contributed by atoms with van der Waals surface area (Å²) in [5.74, 6) is 0. The molecule has 2 heterocycles. The van der Waals surface area contributed by atoms with E-state index in [1.807, 2.05) is 11.8 Å². The van der Waals surface area contributed by atoms with E-state index in [2.05, 4.69) is 58.3 Å². The van der Waals surface area contributed by atoms with Crippen LogP contribution in [0.25, 0.3) is 0 Å². The molecule has 5 heteroatoms. The first kappa shape index (κ1) is 18.8. The van der Waals surface area contributed by atoms with Gasteiger partial charge in [0.05, 0.1) is 30.7 Å². The Balaban J connectivity index is 1.34. The highest BCUT2D eigenvalue weighted by Gasteiger charge is 2.23. The maximum absolute atomic E-state index is 8.89. The Morgan fingerprint density at radius 2 is 1.56 bits per heavy atom. The highest BCUT2D eigenvalue weighted by Crippen LogP contribution is 2.47. The third kappa shape index (κ3) is 4.49. The molecule has 0 spiro atoms. The quantitative estimate of drug-likeness (QED) is 0.776. The molecule has 0 aromatic heterocycles. The predicted octanol–water partition coefficient (Wildman–Crippen LogP) is 4.15. The number of rotatable bonds is 7. The molecule has 0 amide bonds. The highest BCUT2D eigenvalue weighted by molar-refractivity contribution is 7.99. The summed E-state index contributed by atoms with van der Waals surface area (Å²) < 4.78 is 5.67. The van der Waals surface area contributed by atoms with Gasteiger partial charge in [0.15, 0.2) is 0 Å². The molecule has 2 aromatic rings. The van der Waals surface area contributed by atoms with Crippen molar-refractivity contribution in [3.63, 3.8) is 0 Å². The first-order chi connectivity index (χ1) is 13.3. The molecule has 2 aromatic carbocycles. The lowest BCUT2D eigenvalue weighted by Gasteiger charge is -2.35.